The summed E-state index contributed by atoms with van der Waals surface area (Å²) in [5.41, 5.74) is 0. The molecular formula is C30H54N6O9. The molecule has 2 rings (SSSR count). The summed E-state index contributed by atoms with van der Waals surface area (Å²) < 4.78 is 0. The molecule has 0 radical (unpaired) electrons. The van der Waals surface area contributed by atoms with E-state index in [4.69, 9.17) is 0 Å². The largest absolute Gasteiger partial charge is 0.480 e. The molecule has 0 bridgehead atoms. The van der Waals surface area contributed by atoms with Crippen LogP contribution in [0, 0.1) is 5.92 Å². The number of nitrogens with zero attached hydrogens (tertiary/aromatic N) is 5. The number of carbonyl (C=O) groups excluding carboxylic acids is 3. The summed E-state index contributed by atoms with van der Waals surface area (Å²) in [4.78, 5) is 80.4. The number of hydrogen-bond acceptors (Lipinski definition) is 10. The Balaban J connectivity index is 0.00000496. The number of Topliss-reactive ketones (excluding diaryl/α,β-unsaturated/α-hetero) is 1. The van der Waals surface area contributed by atoms with Crippen molar-refractivity contribution in [2.24, 2.45) is 5.92 Å². The molecule has 0 atom stereocenters. The van der Waals surface area contributed by atoms with E-state index in [1.807, 2.05) is 18.7 Å². The highest BCUT2D eigenvalue weighted by Crippen LogP contribution is 2.12. The normalized spacial score (nSPS) is 18.6. The Bertz CT molecular complexity index is 940. The van der Waals surface area contributed by atoms with E-state index >= 15 is 0 Å². The average molecular weight is 643 g/mol. The van der Waals surface area contributed by atoms with Gasteiger partial charge in [-0.2, -0.15) is 0 Å². The summed E-state index contributed by atoms with van der Waals surface area (Å²) in [5, 5.41) is 31.0. The van der Waals surface area contributed by atoms with Crippen LogP contribution in [-0.2, 0) is 28.8 Å². The van der Waals surface area contributed by atoms with Gasteiger partial charge in [-0.3, -0.25) is 48.4 Å². The fourth-order valence-electron chi connectivity index (χ4n) is 5.17. The van der Waals surface area contributed by atoms with Crippen molar-refractivity contribution in [3.05, 3.63) is 0 Å². The molecule has 2 aliphatic heterocycles. The van der Waals surface area contributed by atoms with Gasteiger partial charge < -0.3 is 25.5 Å². The van der Waals surface area contributed by atoms with Crippen LogP contribution in [-0.4, -0.2) is 173 Å². The molecule has 15 nitrogen and oxygen atoms in total. The third-order valence-electron chi connectivity index (χ3n) is 7.82. The second-order valence-electron chi connectivity index (χ2n) is 11.6. The van der Waals surface area contributed by atoms with Crippen molar-refractivity contribution in [2.75, 3.05) is 91.6 Å². The van der Waals surface area contributed by atoms with Crippen LogP contribution in [0.4, 0.5) is 0 Å². The third kappa shape index (κ3) is 17.2. The molecule has 258 valence electrons. The van der Waals surface area contributed by atoms with Gasteiger partial charge in [0.2, 0.25) is 11.8 Å². The zero-order valence-corrected chi connectivity index (χ0v) is 27.4. The SMILES string of the molecule is CC.CC(C)C(=O)CCC(=O)NC1CCN(C(=O)CN2CCN(CC(=O)O)CCN(CC(=O)O)CCN(CC(=O)O)CC2)CC1. The summed E-state index contributed by atoms with van der Waals surface area (Å²) in [6, 6.07) is -0.0674. The fourth-order valence-corrected chi connectivity index (χ4v) is 5.17. The van der Waals surface area contributed by atoms with Gasteiger partial charge in [-0.1, -0.05) is 27.7 Å². The summed E-state index contributed by atoms with van der Waals surface area (Å²) in [7, 11) is 0. The first kappa shape index (κ1) is 39.9. The number of carboxylic acids is 3. The number of hydrogen-bond donors (Lipinski definition) is 4. The highest BCUT2D eigenvalue weighted by atomic mass is 16.4. The van der Waals surface area contributed by atoms with Crippen LogP contribution in [0.1, 0.15) is 53.4 Å². The third-order valence-corrected chi connectivity index (χ3v) is 7.82. The number of carboxylic acid groups (broad SMARTS) is 3. The Hall–Kier alpha value is -3.14. The number of piperidine rings is 1. The summed E-state index contributed by atoms with van der Waals surface area (Å²) in [6.45, 7) is 10.6. The molecule has 4 N–H and O–H groups in total. The standard InChI is InChI=1S/C28H48N6O9.C2H6/c1-21(2)23(35)3-4-24(36)29-22-5-7-34(8-6-22)25(37)17-30-9-11-31(18-26(38)39)13-15-33(20-28(42)43)16-14-32(12-10-30)19-27(40)41;1-2/h21-22H,3-20H2,1-2H3,(H,29,36)(H,38,39)(H,40,41)(H,42,43);1-2H3. The van der Waals surface area contributed by atoms with Crippen LogP contribution in [0.15, 0.2) is 0 Å². The van der Waals surface area contributed by atoms with Gasteiger partial charge in [0.1, 0.15) is 5.78 Å². The minimum absolute atomic E-state index is 0.0506. The predicted octanol–water partition coefficient (Wildman–Crippen LogP) is -0.399. The van der Waals surface area contributed by atoms with Crippen molar-refractivity contribution in [3.63, 3.8) is 0 Å². The van der Waals surface area contributed by atoms with E-state index in [0.717, 1.165) is 0 Å². The van der Waals surface area contributed by atoms with Crippen LogP contribution in [0.5, 0.6) is 0 Å². The number of nitrogens with one attached hydrogen (secondary N) is 1. The minimum atomic E-state index is -1.02. The highest BCUT2D eigenvalue weighted by molar-refractivity contribution is 5.86. The van der Waals surface area contributed by atoms with E-state index in [9.17, 15) is 44.1 Å². The molecule has 45 heavy (non-hydrogen) atoms. The fraction of sp³-hybridized carbons (Fsp3) is 0.800. The summed E-state index contributed by atoms with van der Waals surface area (Å²) in [5.74, 6) is -3.34. The van der Waals surface area contributed by atoms with Gasteiger partial charge in [-0.15, -0.1) is 0 Å². The molecular weight excluding hydrogens is 588 g/mol. The van der Waals surface area contributed by atoms with Crippen LogP contribution < -0.4 is 5.32 Å². The van der Waals surface area contributed by atoms with Gasteiger partial charge in [-0.05, 0) is 12.8 Å². The van der Waals surface area contributed by atoms with Gasteiger partial charge in [0.25, 0.3) is 0 Å². The Morgan fingerprint density at radius 3 is 1.29 bits per heavy atom. The van der Waals surface area contributed by atoms with E-state index in [1.165, 1.54) is 0 Å². The quantitative estimate of drug-likeness (QED) is 0.203. The Morgan fingerprint density at radius 1 is 0.600 bits per heavy atom. The lowest BCUT2D eigenvalue weighted by Crippen LogP contribution is -2.52. The van der Waals surface area contributed by atoms with Crippen molar-refractivity contribution in [1.29, 1.82) is 0 Å². The molecule has 0 aromatic rings. The van der Waals surface area contributed by atoms with Crippen LogP contribution in [0.25, 0.3) is 0 Å². The second kappa shape index (κ2) is 21.6. The van der Waals surface area contributed by atoms with Crippen molar-refractivity contribution in [3.8, 4) is 0 Å². The number of carbonyl (C=O) groups is 6. The van der Waals surface area contributed by atoms with Gasteiger partial charge in [-0.25, -0.2) is 0 Å². The maximum atomic E-state index is 13.3. The molecule has 0 saturated carbocycles. The molecule has 0 aliphatic carbocycles. The van der Waals surface area contributed by atoms with Crippen LogP contribution in [0.2, 0.25) is 0 Å². The molecule has 2 fully saturated rings. The van der Waals surface area contributed by atoms with E-state index < -0.39 is 17.9 Å². The van der Waals surface area contributed by atoms with Crippen LogP contribution >= 0.6 is 0 Å². The van der Waals surface area contributed by atoms with E-state index in [0.29, 0.717) is 78.3 Å². The van der Waals surface area contributed by atoms with E-state index in [1.54, 1.807) is 33.4 Å². The van der Waals surface area contributed by atoms with Crippen molar-refractivity contribution < 1.29 is 44.1 Å². The molecule has 0 aromatic heterocycles. The smallest absolute Gasteiger partial charge is 0.317 e. The first-order chi connectivity index (χ1) is 21.3. The predicted molar refractivity (Wildman–Crippen MR) is 167 cm³/mol. The molecule has 2 heterocycles. The average Bonchev–Trinajstić information content (AvgIpc) is 2.97. The van der Waals surface area contributed by atoms with Gasteiger partial charge in [0, 0.05) is 90.2 Å². The Morgan fingerprint density at radius 2 is 0.956 bits per heavy atom. The number of rotatable bonds is 13. The molecule has 0 aromatic carbocycles. The minimum Gasteiger partial charge on any atom is -0.480 e. The highest BCUT2D eigenvalue weighted by Gasteiger charge is 2.26. The number of ketones is 1. The zero-order valence-electron chi connectivity index (χ0n) is 27.4. The molecule has 2 saturated heterocycles. The topological polar surface area (TPSA) is 191 Å². The number of amides is 2. The maximum absolute atomic E-state index is 13.3. The van der Waals surface area contributed by atoms with Crippen molar-refractivity contribution in [2.45, 2.75) is 59.4 Å². The van der Waals surface area contributed by atoms with Gasteiger partial charge >= 0.3 is 17.9 Å². The van der Waals surface area contributed by atoms with E-state index in [-0.39, 0.29) is 68.6 Å². The number of likely N-dealkylation sites (tertiary alicyclic amines) is 1. The lowest BCUT2D eigenvalue weighted by Gasteiger charge is -2.35. The molecule has 2 aliphatic rings. The van der Waals surface area contributed by atoms with Gasteiger partial charge in [0.05, 0.1) is 26.2 Å². The lowest BCUT2D eigenvalue weighted by molar-refractivity contribution is -0.141. The first-order valence-corrected chi connectivity index (χ1v) is 16.0. The molecule has 0 unspecified atom stereocenters. The monoisotopic (exact) mass is 642 g/mol. The van der Waals surface area contributed by atoms with Crippen molar-refractivity contribution >= 4 is 35.5 Å². The van der Waals surface area contributed by atoms with Crippen LogP contribution in [0.3, 0.4) is 0 Å². The number of aliphatic carboxylic acids is 3. The summed E-state index contributed by atoms with van der Waals surface area (Å²) >= 11 is 0. The first-order valence-electron chi connectivity index (χ1n) is 16.0. The lowest BCUT2D eigenvalue weighted by atomic mass is 10.0. The van der Waals surface area contributed by atoms with E-state index in [2.05, 4.69) is 5.32 Å². The van der Waals surface area contributed by atoms with Crippen molar-refractivity contribution in [1.82, 2.24) is 29.8 Å². The molecule has 15 heteroatoms. The molecule has 0 spiro atoms. The summed E-state index contributed by atoms with van der Waals surface area (Å²) in [6.07, 6.45) is 1.56. The zero-order chi connectivity index (χ0) is 33.9. The Kier molecular flexibility index (Phi) is 19.1. The van der Waals surface area contributed by atoms with Gasteiger partial charge in [0.15, 0.2) is 0 Å². The Labute approximate surface area is 266 Å². The second-order valence-corrected chi connectivity index (χ2v) is 11.6. The molecule has 2 amide bonds. The maximum Gasteiger partial charge on any atom is 0.317 e.